The van der Waals surface area contributed by atoms with Crippen LogP contribution < -0.4 is 10.6 Å². The van der Waals surface area contributed by atoms with Crippen LogP contribution in [0.5, 0.6) is 0 Å². The molecular weight excluding hydrogens is 202 g/mol. The molecule has 1 aromatic rings. The first-order valence-electron chi connectivity index (χ1n) is 5.23. The minimum atomic E-state index is 0.462. The fraction of sp³-hybridized carbons (Fsp3) is 0.364. The summed E-state index contributed by atoms with van der Waals surface area (Å²) in [4.78, 5) is 8.21. The Morgan fingerprint density at radius 3 is 3.12 bits per heavy atom. The highest BCUT2D eigenvalue weighted by atomic mass is 15.2. The van der Waals surface area contributed by atoms with E-state index in [-0.39, 0.29) is 0 Å². The van der Waals surface area contributed by atoms with Crippen molar-refractivity contribution in [1.82, 2.24) is 10.3 Å². The average molecular weight is 217 g/mol. The average Bonchev–Trinajstić information content (AvgIpc) is 2.31. The monoisotopic (exact) mass is 217 g/mol. The molecule has 16 heavy (non-hydrogen) atoms. The van der Waals surface area contributed by atoms with Gasteiger partial charge in [0.05, 0.1) is 11.9 Å². The maximum atomic E-state index is 8.57. The van der Waals surface area contributed by atoms with Gasteiger partial charge in [-0.1, -0.05) is 13.3 Å². The van der Waals surface area contributed by atoms with Gasteiger partial charge >= 0.3 is 0 Å². The fourth-order valence-corrected chi connectivity index (χ4v) is 1.09. The summed E-state index contributed by atoms with van der Waals surface area (Å²) >= 11 is 0. The Morgan fingerprint density at radius 2 is 2.50 bits per heavy atom. The number of unbranched alkanes of at least 4 members (excludes halogenated alkanes) is 1. The van der Waals surface area contributed by atoms with Gasteiger partial charge in [-0.3, -0.25) is 15.3 Å². The second-order valence-electron chi connectivity index (χ2n) is 3.19. The summed E-state index contributed by atoms with van der Waals surface area (Å²) in [6.45, 7) is 2.80. The summed E-state index contributed by atoms with van der Waals surface area (Å²) in [5.74, 6) is 0.462. The quantitative estimate of drug-likeness (QED) is 0.265. The van der Waals surface area contributed by atoms with Crippen molar-refractivity contribution in [3.8, 4) is 6.19 Å². The van der Waals surface area contributed by atoms with Crippen LogP contribution in [0.15, 0.2) is 29.5 Å². The Bertz CT molecular complexity index is 366. The first-order chi connectivity index (χ1) is 7.86. The number of aromatic nitrogens is 1. The second kappa shape index (κ2) is 7.23. The third-order valence-electron chi connectivity index (χ3n) is 1.88. The lowest BCUT2D eigenvalue weighted by atomic mass is 10.3. The fourth-order valence-electron chi connectivity index (χ4n) is 1.09. The largest absolute Gasteiger partial charge is 0.324 e. The number of aliphatic imine (C=N–C) groups is 1. The number of pyridine rings is 1. The normalized spacial score (nSPS) is 10.6. The van der Waals surface area contributed by atoms with Gasteiger partial charge in [0.2, 0.25) is 5.96 Å². The van der Waals surface area contributed by atoms with Crippen molar-refractivity contribution in [2.75, 3.05) is 11.9 Å². The summed E-state index contributed by atoms with van der Waals surface area (Å²) < 4.78 is 0. The van der Waals surface area contributed by atoms with E-state index >= 15 is 0 Å². The van der Waals surface area contributed by atoms with Crippen LogP contribution in [0.25, 0.3) is 0 Å². The first kappa shape index (κ1) is 12.0. The van der Waals surface area contributed by atoms with Crippen molar-refractivity contribution in [3.63, 3.8) is 0 Å². The molecule has 1 aromatic heterocycles. The standard InChI is InChI=1S/C11H15N5/c1-2-3-7-14-11(15-9-12)16-10-5-4-6-13-8-10/h4-6,8H,2-3,7H2,1H3,(H2,14,15,16). The van der Waals surface area contributed by atoms with Gasteiger partial charge in [0.1, 0.15) is 0 Å². The van der Waals surface area contributed by atoms with Crippen LogP contribution in [-0.2, 0) is 0 Å². The minimum absolute atomic E-state index is 0.462. The van der Waals surface area contributed by atoms with E-state index in [9.17, 15) is 0 Å². The molecule has 0 radical (unpaired) electrons. The first-order valence-corrected chi connectivity index (χ1v) is 5.23. The van der Waals surface area contributed by atoms with E-state index in [0.717, 1.165) is 18.5 Å². The summed E-state index contributed by atoms with van der Waals surface area (Å²) in [7, 11) is 0. The van der Waals surface area contributed by atoms with Crippen LogP contribution in [-0.4, -0.2) is 17.5 Å². The smallest absolute Gasteiger partial charge is 0.209 e. The van der Waals surface area contributed by atoms with Gasteiger partial charge in [0, 0.05) is 12.7 Å². The predicted molar refractivity (Wildman–Crippen MR) is 63.8 cm³/mol. The highest BCUT2D eigenvalue weighted by molar-refractivity contribution is 5.94. The van der Waals surface area contributed by atoms with E-state index in [4.69, 9.17) is 5.26 Å². The van der Waals surface area contributed by atoms with Crippen LogP contribution >= 0.6 is 0 Å². The number of hydrogen-bond donors (Lipinski definition) is 2. The Balaban J connectivity index is 2.58. The van der Waals surface area contributed by atoms with E-state index < -0.39 is 0 Å². The lowest BCUT2D eigenvalue weighted by molar-refractivity contribution is 0.805. The Labute approximate surface area is 95.2 Å². The van der Waals surface area contributed by atoms with Crippen molar-refractivity contribution in [2.45, 2.75) is 19.8 Å². The number of anilines is 1. The molecule has 0 bridgehead atoms. The van der Waals surface area contributed by atoms with Crippen LogP contribution in [0, 0.1) is 11.5 Å². The number of nitriles is 1. The maximum Gasteiger partial charge on any atom is 0.209 e. The molecule has 0 saturated heterocycles. The van der Waals surface area contributed by atoms with Crippen molar-refractivity contribution >= 4 is 11.6 Å². The van der Waals surface area contributed by atoms with Gasteiger partial charge in [-0.25, -0.2) is 0 Å². The van der Waals surface area contributed by atoms with E-state index in [1.165, 1.54) is 0 Å². The van der Waals surface area contributed by atoms with E-state index in [1.807, 2.05) is 18.3 Å². The molecule has 0 aliphatic heterocycles. The lowest BCUT2D eigenvalue weighted by Gasteiger charge is -2.06. The van der Waals surface area contributed by atoms with Crippen LogP contribution in [0.3, 0.4) is 0 Å². The highest BCUT2D eigenvalue weighted by Gasteiger charge is 1.97. The van der Waals surface area contributed by atoms with Crippen molar-refractivity contribution < 1.29 is 0 Å². The van der Waals surface area contributed by atoms with Gasteiger partial charge in [0.15, 0.2) is 6.19 Å². The van der Waals surface area contributed by atoms with E-state index in [1.54, 1.807) is 12.4 Å². The molecule has 1 rings (SSSR count). The zero-order chi connectivity index (χ0) is 11.6. The predicted octanol–water partition coefficient (Wildman–Crippen LogP) is 1.72. The molecular formula is C11H15N5. The molecule has 0 spiro atoms. The van der Waals surface area contributed by atoms with Crippen molar-refractivity contribution in [3.05, 3.63) is 24.5 Å². The molecule has 1 heterocycles. The zero-order valence-corrected chi connectivity index (χ0v) is 9.27. The Kier molecular flexibility index (Phi) is 5.42. The topological polar surface area (TPSA) is 73.1 Å². The number of rotatable bonds is 4. The van der Waals surface area contributed by atoms with Gasteiger partial charge < -0.3 is 5.32 Å². The number of hydrogen-bond acceptors (Lipinski definition) is 3. The number of nitrogens with zero attached hydrogens (tertiary/aromatic N) is 3. The van der Waals surface area contributed by atoms with E-state index in [0.29, 0.717) is 12.5 Å². The van der Waals surface area contributed by atoms with Crippen LogP contribution in [0.1, 0.15) is 19.8 Å². The molecule has 5 nitrogen and oxygen atoms in total. The zero-order valence-electron chi connectivity index (χ0n) is 9.27. The molecule has 5 heteroatoms. The molecule has 0 aromatic carbocycles. The lowest BCUT2D eigenvalue weighted by Crippen LogP contribution is -2.27. The van der Waals surface area contributed by atoms with E-state index in [2.05, 4.69) is 27.5 Å². The molecule has 0 aliphatic carbocycles. The van der Waals surface area contributed by atoms with Gasteiger partial charge in [-0.05, 0) is 18.6 Å². The molecule has 2 N–H and O–H groups in total. The van der Waals surface area contributed by atoms with Crippen molar-refractivity contribution in [1.29, 1.82) is 5.26 Å². The van der Waals surface area contributed by atoms with Crippen molar-refractivity contribution in [2.24, 2.45) is 4.99 Å². The molecule has 0 aliphatic rings. The third kappa shape index (κ3) is 4.42. The molecule has 0 fully saturated rings. The van der Waals surface area contributed by atoms with Crippen LogP contribution in [0.2, 0.25) is 0 Å². The Morgan fingerprint density at radius 1 is 1.62 bits per heavy atom. The maximum absolute atomic E-state index is 8.57. The molecule has 0 saturated carbocycles. The van der Waals surface area contributed by atoms with Crippen LogP contribution in [0.4, 0.5) is 5.69 Å². The van der Waals surface area contributed by atoms with Gasteiger partial charge in [-0.15, -0.1) is 0 Å². The summed E-state index contributed by atoms with van der Waals surface area (Å²) in [6.07, 6.45) is 7.30. The summed E-state index contributed by atoms with van der Waals surface area (Å²) in [5.41, 5.74) is 0.806. The third-order valence-corrected chi connectivity index (χ3v) is 1.88. The minimum Gasteiger partial charge on any atom is -0.324 e. The highest BCUT2D eigenvalue weighted by Crippen LogP contribution is 2.02. The summed E-state index contributed by atoms with van der Waals surface area (Å²) in [6, 6.07) is 3.68. The van der Waals surface area contributed by atoms with Gasteiger partial charge in [-0.2, -0.15) is 5.26 Å². The molecule has 0 amide bonds. The number of nitrogens with one attached hydrogen (secondary N) is 2. The second-order valence-corrected chi connectivity index (χ2v) is 3.19. The van der Waals surface area contributed by atoms with Gasteiger partial charge in [0.25, 0.3) is 0 Å². The number of guanidine groups is 1. The Hall–Kier alpha value is -2.09. The molecule has 84 valence electrons. The molecule has 0 unspecified atom stereocenters. The SMILES string of the molecule is CCCCN=C(NC#N)Nc1cccnc1. The summed E-state index contributed by atoms with van der Waals surface area (Å²) in [5, 5.41) is 14.1. The molecule has 0 atom stereocenters.